The molecule has 0 aliphatic rings. The highest BCUT2D eigenvalue weighted by Gasteiger charge is 2.22. The molecule has 0 radical (unpaired) electrons. The smallest absolute Gasteiger partial charge is 0.356 e. The van der Waals surface area contributed by atoms with Crippen LogP contribution < -0.4 is 11.0 Å². The van der Waals surface area contributed by atoms with Crippen LogP contribution in [-0.2, 0) is 4.57 Å². The number of nitrogens with two attached hydrogens (primary N) is 1. The van der Waals surface area contributed by atoms with Gasteiger partial charge in [0.1, 0.15) is 0 Å². The van der Waals surface area contributed by atoms with Crippen molar-refractivity contribution in [3.8, 4) is 0 Å². The van der Waals surface area contributed by atoms with Crippen molar-refractivity contribution in [2.24, 2.45) is 0 Å². The molecule has 15 heavy (non-hydrogen) atoms. The summed E-state index contributed by atoms with van der Waals surface area (Å²) in [5.74, 6) is -1.35. The second kappa shape index (κ2) is 3.86. The maximum absolute atomic E-state index is 10.9. The molecule has 1 rings (SSSR count). The Morgan fingerprint density at radius 2 is 1.93 bits per heavy atom. The van der Waals surface area contributed by atoms with Crippen molar-refractivity contribution in [1.82, 2.24) is 0 Å². The van der Waals surface area contributed by atoms with Crippen LogP contribution in [0.2, 0.25) is 0 Å². The van der Waals surface area contributed by atoms with Gasteiger partial charge in [0, 0.05) is 10.6 Å². The van der Waals surface area contributed by atoms with Crippen molar-refractivity contribution in [3.05, 3.63) is 17.7 Å². The molecule has 0 bridgehead atoms. The first kappa shape index (κ1) is 12.1. The number of anilines is 1. The molecular weight excluding hydrogens is 241 g/mol. The summed E-state index contributed by atoms with van der Waals surface area (Å²) in [6.45, 7) is 0. The topological polar surface area (TPSA) is 121 Å². The van der Waals surface area contributed by atoms with Crippen LogP contribution in [-0.4, -0.2) is 20.9 Å². The van der Waals surface area contributed by atoms with E-state index in [1.807, 2.05) is 0 Å². The Bertz CT molecular complexity index is 469. The molecule has 0 amide bonds. The van der Waals surface area contributed by atoms with Crippen molar-refractivity contribution < 1.29 is 24.3 Å². The van der Waals surface area contributed by atoms with E-state index in [1.54, 1.807) is 0 Å². The number of thiol groups is 1. The zero-order valence-electron chi connectivity index (χ0n) is 7.28. The predicted octanol–water partition coefficient (Wildman–Crippen LogP) is 0.0587. The number of hydrogen-bond donors (Lipinski definition) is 5. The Morgan fingerprint density at radius 3 is 2.33 bits per heavy atom. The van der Waals surface area contributed by atoms with Gasteiger partial charge in [-0.15, -0.1) is 12.6 Å². The fourth-order valence-corrected chi connectivity index (χ4v) is 1.80. The fourth-order valence-electron chi connectivity index (χ4n) is 0.972. The third-order valence-electron chi connectivity index (χ3n) is 1.69. The Hall–Kier alpha value is -1.01. The standard InChI is InChI=1S/C7H8NO5PS/c8-5-2-3(14(11,12)13)1-4(6(5)15)7(9)10/h1-2,15H,8H2,(H,9,10)(H2,11,12,13). The zero-order chi connectivity index (χ0) is 11.8. The minimum absolute atomic E-state index is 0.0142. The summed E-state index contributed by atoms with van der Waals surface area (Å²) in [6.07, 6.45) is 0. The molecule has 8 heteroatoms. The normalized spacial score (nSPS) is 11.4. The van der Waals surface area contributed by atoms with Crippen LogP contribution in [0, 0.1) is 0 Å². The molecule has 0 spiro atoms. The number of hydrogen-bond acceptors (Lipinski definition) is 4. The van der Waals surface area contributed by atoms with E-state index in [9.17, 15) is 9.36 Å². The summed E-state index contributed by atoms with van der Waals surface area (Å²) < 4.78 is 10.9. The lowest BCUT2D eigenvalue weighted by molar-refractivity contribution is 0.0693. The number of benzene rings is 1. The molecule has 5 N–H and O–H groups in total. The van der Waals surface area contributed by atoms with Gasteiger partial charge in [-0.1, -0.05) is 0 Å². The number of aromatic carboxylic acids is 1. The second-order valence-corrected chi connectivity index (χ2v) is 4.83. The lowest BCUT2D eigenvalue weighted by Gasteiger charge is -2.09. The second-order valence-electron chi connectivity index (χ2n) is 2.78. The van der Waals surface area contributed by atoms with Gasteiger partial charge in [0.15, 0.2) is 0 Å². The van der Waals surface area contributed by atoms with Crippen LogP contribution in [0.15, 0.2) is 17.0 Å². The highest BCUT2D eigenvalue weighted by Crippen LogP contribution is 2.35. The van der Waals surface area contributed by atoms with Crippen LogP contribution in [0.3, 0.4) is 0 Å². The maximum Gasteiger partial charge on any atom is 0.356 e. The molecule has 0 fully saturated rings. The van der Waals surface area contributed by atoms with Gasteiger partial charge in [-0.2, -0.15) is 0 Å². The molecule has 0 unspecified atom stereocenters. The van der Waals surface area contributed by atoms with Gasteiger partial charge in [0.25, 0.3) is 0 Å². The van der Waals surface area contributed by atoms with E-state index in [0.717, 1.165) is 12.1 Å². The summed E-state index contributed by atoms with van der Waals surface area (Å²) in [5, 5.41) is 8.29. The zero-order valence-corrected chi connectivity index (χ0v) is 9.07. The third-order valence-corrected chi connectivity index (χ3v) is 3.12. The monoisotopic (exact) mass is 249 g/mol. The summed E-state index contributed by atoms with van der Waals surface area (Å²) in [4.78, 5) is 28.4. The molecular formula is C7H8NO5PS. The van der Waals surface area contributed by atoms with Crippen molar-refractivity contribution in [2.75, 3.05) is 5.73 Å². The highest BCUT2D eigenvalue weighted by molar-refractivity contribution is 7.80. The lowest BCUT2D eigenvalue weighted by atomic mass is 10.2. The van der Waals surface area contributed by atoms with E-state index < -0.39 is 18.9 Å². The quantitative estimate of drug-likeness (QED) is 0.287. The van der Waals surface area contributed by atoms with Crippen LogP contribution in [0.4, 0.5) is 5.69 Å². The Morgan fingerprint density at radius 1 is 1.40 bits per heavy atom. The van der Waals surface area contributed by atoms with E-state index in [2.05, 4.69) is 12.6 Å². The lowest BCUT2D eigenvalue weighted by Crippen LogP contribution is -2.11. The summed E-state index contributed by atoms with van der Waals surface area (Å²) in [7, 11) is -4.51. The van der Waals surface area contributed by atoms with Gasteiger partial charge in [-0.25, -0.2) is 4.79 Å². The van der Waals surface area contributed by atoms with E-state index in [1.165, 1.54) is 0 Å². The van der Waals surface area contributed by atoms with E-state index in [0.29, 0.717) is 0 Å². The van der Waals surface area contributed by atoms with Crippen LogP contribution >= 0.6 is 20.2 Å². The van der Waals surface area contributed by atoms with Crippen molar-refractivity contribution >= 4 is 37.2 Å². The first-order valence-corrected chi connectivity index (χ1v) is 5.71. The summed E-state index contributed by atoms with van der Waals surface area (Å²) >= 11 is 3.83. The first-order chi connectivity index (χ1) is 6.73. The van der Waals surface area contributed by atoms with Gasteiger partial charge >= 0.3 is 13.6 Å². The Labute approximate surface area is 90.3 Å². The predicted molar refractivity (Wildman–Crippen MR) is 56.7 cm³/mol. The van der Waals surface area contributed by atoms with Crippen molar-refractivity contribution in [1.29, 1.82) is 0 Å². The number of carboxylic acid groups (broad SMARTS) is 1. The molecule has 82 valence electrons. The Kier molecular flexibility index (Phi) is 3.11. The minimum atomic E-state index is -4.51. The molecule has 0 saturated heterocycles. The number of carboxylic acids is 1. The average molecular weight is 249 g/mol. The van der Waals surface area contributed by atoms with Gasteiger partial charge < -0.3 is 20.6 Å². The van der Waals surface area contributed by atoms with E-state index >= 15 is 0 Å². The van der Waals surface area contributed by atoms with Crippen LogP contribution in [0.1, 0.15) is 10.4 Å². The van der Waals surface area contributed by atoms with Crippen LogP contribution in [0.5, 0.6) is 0 Å². The van der Waals surface area contributed by atoms with Crippen molar-refractivity contribution in [3.63, 3.8) is 0 Å². The highest BCUT2D eigenvalue weighted by atomic mass is 32.1. The first-order valence-electron chi connectivity index (χ1n) is 3.65. The molecule has 0 aromatic heterocycles. The van der Waals surface area contributed by atoms with Gasteiger partial charge in [0.05, 0.1) is 10.9 Å². The molecule has 1 aromatic carbocycles. The molecule has 0 aliphatic heterocycles. The molecule has 6 nitrogen and oxygen atoms in total. The van der Waals surface area contributed by atoms with Crippen molar-refractivity contribution in [2.45, 2.75) is 4.90 Å². The molecule has 1 aromatic rings. The van der Waals surface area contributed by atoms with Crippen LogP contribution in [0.25, 0.3) is 0 Å². The van der Waals surface area contributed by atoms with Gasteiger partial charge in [-0.05, 0) is 12.1 Å². The largest absolute Gasteiger partial charge is 0.478 e. The summed E-state index contributed by atoms with van der Waals surface area (Å²) in [6, 6.07) is 1.87. The molecule has 0 atom stereocenters. The van der Waals surface area contributed by atoms with E-state index in [-0.39, 0.29) is 16.1 Å². The van der Waals surface area contributed by atoms with E-state index in [4.69, 9.17) is 20.6 Å². The number of carbonyl (C=O) groups is 1. The number of nitrogen functional groups attached to an aromatic ring is 1. The SMILES string of the molecule is Nc1cc(P(=O)(O)O)cc(C(=O)O)c1S. The molecule has 0 aliphatic carbocycles. The Balaban J connectivity index is 3.50. The third kappa shape index (κ3) is 2.51. The maximum atomic E-state index is 10.9. The number of rotatable bonds is 2. The molecule has 0 heterocycles. The average Bonchev–Trinajstić information content (AvgIpc) is 2.06. The summed E-state index contributed by atoms with van der Waals surface area (Å²) in [5.41, 5.74) is 4.95. The van der Waals surface area contributed by atoms with Gasteiger partial charge in [-0.3, -0.25) is 4.57 Å². The molecule has 0 saturated carbocycles. The minimum Gasteiger partial charge on any atom is -0.478 e. The fraction of sp³-hybridized carbons (Fsp3) is 0. The van der Waals surface area contributed by atoms with Gasteiger partial charge in [0.2, 0.25) is 0 Å².